The fraction of sp³-hybridized carbons (Fsp3) is 0.400. The Kier molecular flexibility index (Phi) is 2.21. The molecule has 4 nitrogen and oxygen atoms in total. The molecule has 1 unspecified atom stereocenters. The molecular weight excluding hydrogens is 258 g/mol. The first-order chi connectivity index (χ1) is 7.36. The Morgan fingerprint density at radius 1 is 1.47 bits per heavy atom. The Labute approximate surface area is 95.4 Å². The molecule has 5 heteroatoms. The quantitative estimate of drug-likeness (QED) is 0.796. The van der Waals surface area contributed by atoms with Crippen molar-refractivity contribution in [2.45, 2.75) is 18.9 Å². The van der Waals surface area contributed by atoms with E-state index in [1.165, 1.54) is 0 Å². The molecule has 3 heterocycles. The number of rotatable bonds is 1. The molecular formula is C10H10BrN3O. The fourth-order valence-corrected chi connectivity index (χ4v) is 2.33. The van der Waals surface area contributed by atoms with E-state index < -0.39 is 0 Å². The number of halogens is 1. The lowest BCUT2D eigenvalue weighted by Crippen LogP contribution is -2.02. The molecule has 3 rings (SSSR count). The van der Waals surface area contributed by atoms with Gasteiger partial charge in [0, 0.05) is 12.8 Å². The van der Waals surface area contributed by atoms with Crippen molar-refractivity contribution in [3.8, 4) is 0 Å². The van der Waals surface area contributed by atoms with Crippen LogP contribution in [0.25, 0.3) is 5.65 Å². The molecule has 0 aliphatic carbocycles. The number of aromatic nitrogens is 3. The van der Waals surface area contributed by atoms with Gasteiger partial charge in [-0.2, -0.15) is 0 Å². The maximum atomic E-state index is 5.61. The zero-order chi connectivity index (χ0) is 10.3. The number of ether oxygens (including phenoxy) is 1. The lowest BCUT2D eigenvalue weighted by molar-refractivity contribution is 0.104. The molecule has 1 saturated heterocycles. The summed E-state index contributed by atoms with van der Waals surface area (Å²) in [5.41, 5.74) is 0.850. The average molecular weight is 268 g/mol. The van der Waals surface area contributed by atoms with E-state index in [0.717, 1.165) is 35.4 Å². The number of nitrogens with zero attached hydrogens (tertiary/aromatic N) is 3. The minimum absolute atomic E-state index is 0.106. The minimum atomic E-state index is 0.106. The van der Waals surface area contributed by atoms with Crippen molar-refractivity contribution in [2.75, 3.05) is 6.61 Å². The standard InChI is InChI=1S/C10H10BrN3O/c11-7-3-1-5-14-9(7)12-13-10(14)8-4-2-6-15-8/h1,3,5,8H,2,4,6H2. The zero-order valence-corrected chi connectivity index (χ0v) is 9.64. The van der Waals surface area contributed by atoms with E-state index in [9.17, 15) is 0 Å². The summed E-state index contributed by atoms with van der Waals surface area (Å²) < 4.78 is 8.55. The van der Waals surface area contributed by atoms with Crippen molar-refractivity contribution >= 4 is 21.6 Å². The van der Waals surface area contributed by atoms with Gasteiger partial charge in [-0.1, -0.05) is 0 Å². The maximum absolute atomic E-state index is 5.61. The van der Waals surface area contributed by atoms with Gasteiger partial charge < -0.3 is 4.74 Å². The van der Waals surface area contributed by atoms with Crippen LogP contribution in [0.5, 0.6) is 0 Å². The van der Waals surface area contributed by atoms with E-state index in [2.05, 4.69) is 26.1 Å². The third-order valence-corrected chi connectivity index (χ3v) is 3.25. The van der Waals surface area contributed by atoms with E-state index in [1.807, 2.05) is 22.7 Å². The first-order valence-corrected chi connectivity index (χ1v) is 5.76. The molecule has 0 spiro atoms. The van der Waals surface area contributed by atoms with Crippen LogP contribution in [0.4, 0.5) is 0 Å². The second-order valence-corrected chi connectivity index (χ2v) is 4.46. The van der Waals surface area contributed by atoms with Crippen molar-refractivity contribution in [2.24, 2.45) is 0 Å². The molecule has 0 radical (unpaired) electrons. The van der Waals surface area contributed by atoms with Crippen molar-refractivity contribution in [1.29, 1.82) is 0 Å². The summed E-state index contributed by atoms with van der Waals surface area (Å²) in [4.78, 5) is 0. The fourth-order valence-electron chi connectivity index (χ4n) is 1.90. The van der Waals surface area contributed by atoms with Crippen molar-refractivity contribution < 1.29 is 4.74 Å². The first-order valence-electron chi connectivity index (χ1n) is 4.97. The number of hydrogen-bond donors (Lipinski definition) is 0. The van der Waals surface area contributed by atoms with E-state index in [0.29, 0.717) is 0 Å². The summed E-state index contributed by atoms with van der Waals surface area (Å²) in [6, 6.07) is 3.93. The summed E-state index contributed by atoms with van der Waals surface area (Å²) >= 11 is 3.45. The van der Waals surface area contributed by atoms with Crippen LogP contribution in [-0.2, 0) is 4.74 Å². The highest BCUT2D eigenvalue weighted by Gasteiger charge is 2.23. The third-order valence-electron chi connectivity index (χ3n) is 2.63. The van der Waals surface area contributed by atoms with Gasteiger partial charge in [0.1, 0.15) is 6.10 Å². The highest BCUT2D eigenvalue weighted by molar-refractivity contribution is 9.10. The molecule has 2 aromatic rings. The average Bonchev–Trinajstić information content (AvgIpc) is 2.85. The van der Waals surface area contributed by atoms with Crippen LogP contribution < -0.4 is 0 Å². The van der Waals surface area contributed by atoms with Crippen molar-refractivity contribution in [3.63, 3.8) is 0 Å². The van der Waals surface area contributed by atoms with Gasteiger partial charge >= 0.3 is 0 Å². The zero-order valence-electron chi connectivity index (χ0n) is 8.06. The molecule has 1 aliphatic heterocycles. The van der Waals surface area contributed by atoms with Gasteiger partial charge in [-0.15, -0.1) is 10.2 Å². The Morgan fingerprint density at radius 2 is 2.40 bits per heavy atom. The molecule has 0 N–H and O–H groups in total. The monoisotopic (exact) mass is 267 g/mol. The third kappa shape index (κ3) is 1.46. The van der Waals surface area contributed by atoms with E-state index in [-0.39, 0.29) is 6.10 Å². The van der Waals surface area contributed by atoms with Gasteiger partial charge in [-0.05, 0) is 40.9 Å². The van der Waals surface area contributed by atoms with Crippen LogP contribution >= 0.6 is 15.9 Å². The van der Waals surface area contributed by atoms with Crippen molar-refractivity contribution in [1.82, 2.24) is 14.6 Å². The number of hydrogen-bond acceptors (Lipinski definition) is 3. The summed E-state index contributed by atoms with van der Waals surface area (Å²) in [5.74, 6) is 0.906. The molecule has 15 heavy (non-hydrogen) atoms. The van der Waals surface area contributed by atoms with E-state index in [4.69, 9.17) is 4.74 Å². The largest absolute Gasteiger partial charge is 0.370 e. The van der Waals surface area contributed by atoms with Gasteiger partial charge in [-0.25, -0.2) is 0 Å². The Morgan fingerprint density at radius 3 is 3.20 bits per heavy atom. The minimum Gasteiger partial charge on any atom is -0.370 e. The van der Waals surface area contributed by atoms with E-state index in [1.54, 1.807) is 0 Å². The van der Waals surface area contributed by atoms with Crippen LogP contribution in [0.1, 0.15) is 24.8 Å². The molecule has 0 bridgehead atoms. The van der Waals surface area contributed by atoms with Crippen LogP contribution in [0, 0.1) is 0 Å². The summed E-state index contributed by atoms with van der Waals surface area (Å²) in [6.45, 7) is 0.827. The number of fused-ring (bicyclic) bond motifs is 1. The van der Waals surface area contributed by atoms with Crippen LogP contribution in [0.2, 0.25) is 0 Å². The van der Waals surface area contributed by atoms with Gasteiger partial charge in [0.05, 0.1) is 4.47 Å². The lowest BCUT2D eigenvalue weighted by Gasteiger charge is -2.06. The molecule has 0 aromatic carbocycles. The second kappa shape index (κ2) is 3.57. The Balaban J connectivity index is 2.15. The van der Waals surface area contributed by atoms with Crippen LogP contribution in [0.15, 0.2) is 22.8 Å². The molecule has 1 fully saturated rings. The van der Waals surface area contributed by atoms with Gasteiger partial charge in [0.15, 0.2) is 11.5 Å². The van der Waals surface area contributed by atoms with Crippen LogP contribution in [-0.4, -0.2) is 21.2 Å². The van der Waals surface area contributed by atoms with Crippen LogP contribution in [0.3, 0.4) is 0 Å². The lowest BCUT2D eigenvalue weighted by atomic mass is 10.2. The SMILES string of the molecule is Brc1cccn2c(C3CCCO3)nnc12. The Bertz CT molecular complexity index is 490. The topological polar surface area (TPSA) is 39.4 Å². The molecule has 2 aromatic heterocycles. The summed E-state index contributed by atoms with van der Waals surface area (Å²) in [5, 5.41) is 8.34. The highest BCUT2D eigenvalue weighted by atomic mass is 79.9. The predicted octanol–water partition coefficient (Wildman–Crippen LogP) is 2.34. The smallest absolute Gasteiger partial charge is 0.175 e. The number of pyridine rings is 1. The molecule has 1 aliphatic rings. The van der Waals surface area contributed by atoms with Gasteiger partial charge in [0.2, 0.25) is 0 Å². The predicted molar refractivity (Wildman–Crippen MR) is 58.6 cm³/mol. The van der Waals surface area contributed by atoms with E-state index >= 15 is 0 Å². The maximum Gasteiger partial charge on any atom is 0.175 e. The Hall–Kier alpha value is -0.940. The summed E-state index contributed by atoms with van der Waals surface area (Å²) in [7, 11) is 0. The summed E-state index contributed by atoms with van der Waals surface area (Å²) in [6.07, 6.45) is 4.21. The molecule has 0 amide bonds. The molecule has 78 valence electrons. The van der Waals surface area contributed by atoms with Gasteiger partial charge in [0.25, 0.3) is 0 Å². The highest BCUT2D eigenvalue weighted by Crippen LogP contribution is 2.28. The van der Waals surface area contributed by atoms with Crippen molar-refractivity contribution in [3.05, 3.63) is 28.6 Å². The molecule has 1 atom stereocenters. The normalized spacial score (nSPS) is 21.3. The molecule has 0 saturated carbocycles. The second-order valence-electron chi connectivity index (χ2n) is 3.61. The first kappa shape index (κ1) is 9.30. The van der Waals surface area contributed by atoms with Gasteiger partial charge in [-0.3, -0.25) is 4.40 Å².